The summed E-state index contributed by atoms with van der Waals surface area (Å²) in [5.74, 6) is -0.527. The van der Waals surface area contributed by atoms with Crippen LogP contribution in [0.2, 0.25) is 0 Å². The van der Waals surface area contributed by atoms with E-state index in [1.54, 1.807) is 6.07 Å². The van der Waals surface area contributed by atoms with Crippen LogP contribution in [0.3, 0.4) is 0 Å². The number of amides is 1. The van der Waals surface area contributed by atoms with E-state index in [-0.39, 0.29) is 16.4 Å². The minimum atomic E-state index is -0.527. The maximum absolute atomic E-state index is 13.0. The van der Waals surface area contributed by atoms with Gasteiger partial charge in [-0.05, 0) is 49.3 Å². The Bertz CT molecular complexity index is 1220. The van der Waals surface area contributed by atoms with Crippen molar-refractivity contribution < 1.29 is 14.5 Å². The predicted molar refractivity (Wildman–Crippen MR) is 129 cm³/mol. The Kier molecular flexibility index (Phi) is 6.31. The molecule has 2 heterocycles. The first kappa shape index (κ1) is 22.1. The molecule has 1 aliphatic rings. The highest BCUT2D eigenvalue weighted by molar-refractivity contribution is 7.80. The zero-order valence-electron chi connectivity index (χ0n) is 17.5. The normalized spacial score (nSPS) is 13.8. The van der Waals surface area contributed by atoms with Gasteiger partial charge in [-0.25, -0.2) is 4.98 Å². The first-order chi connectivity index (χ1) is 15.3. The molecule has 1 amide bonds. The summed E-state index contributed by atoms with van der Waals surface area (Å²) in [6.07, 6.45) is 0. The van der Waals surface area contributed by atoms with Gasteiger partial charge < -0.3 is 15.0 Å². The lowest BCUT2D eigenvalue weighted by Gasteiger charge is -2.30. The molecule has 2 aromatic carbocycles. The molecule has 0 unspecified atom stereocenters. The van der Waals surface area contributed by atoms with E-state index in [4.69, 9.17) is 17.0 Å². The van der Waals surface area contributed by atoms with Crippen molar-refractivity contribution in [2.45, 2.75) is 13.8 Å². The van der Waals surface area contributed by atoms with Crippen molar-refractivity contribution in [1.29, 1.82) is 0 Å². The van der Waals surface area contributed by atoms with Gasteiger partial charge in [0.1, 0.15) is 0 Å². The summed E-state index contributed by atoms with van der Waals surface area (Å²) in [5.41, 5.74) is 3.70. The summed E-state index contributed by atoms with van der Waals surface area (Å²) in [5, 5.41) is 17.5. The van der Waals surface area contributed by atoms with E-state index in [2.05, 4.69) is 21.7 Å². The molecule has 11 heteroatoms. The minimum Gasteiger partial charge on any atom is -0.378 e. The quantitative estimate of drug-likeness (QED) is 0.336. The number of carbonyl (C=O) groups excluding carboxylic acids is 1. The summed E-state index contributed by atoms with van der Waals surface area (Å²) in [4.78, 5) is 30.3. The lowest BCUT2D eigenvalue weighted by molar-refractivity contribution is -0.384. The summed E-state index contributed by atoms with van der Waals surface area (Å²) in [6.45, 7) is 6.24. The average molecular weight is 472 g/mol. The number of aryl methyl sites for hydroxylation is 2. The molecule has 0 atom stereocenters. The summed E-state index contributed by atoms with van der Waals surface area (Å²) < 4.78 is 6.39. The van der Waals surface area contributed by atoms with Gasteiger partial charge in [0.05, 0.1) is 39.6 Å². The van der Waals surface area contributed by atoms with E-state index >= 15 is 0 Å². The van der Waals surface area contributed by atoms with Gasteiger partial charge in [0, 0.05) is 25.2 Å². The number of nitro benzene ring substituents is 1. The topological polar surface area (TPSA) is 110 Å². The molecule has 1 aromatic heterocycles. The number of aromatic nitrogens is 1. The fourth-order valence-corrected chi connectivity index (χ4v) is 4.92. The summed E-state index contributed by atoms with van der Waals surface area (Å²) >= 11 is 6.75. The average Bonchev–Trinajstić information content (AvgIpc) is 3.16. The van der Waals surface area contributed by atoms with Gasteiger partial charge in [0.25, 0.3) is 11.6 Å². The van der Waals surface area contributed by atoms with Gasteiger partial charge in [-0.1, -0.05) is 17.4 Å². The number of fused-ring (bicyclic) bond motifs is 1. The number of benzene rings is 2. The van der Waals surface area contributed by atoms with Gasteiger partial charge in [-0.15, -0.1) is 0 Å². The number of anilines is 2. The molecule has 166 valence electrons. The van der Waals surface area contributed by atoms with Crippen LogP contribution in [0, 0.1) is 24.0 Å². The highest BCUT2D eigenvalue weighted by Gasteiger charge is 2.23. The van der Waals surface area contributed by atoms with Crippen LogP contribution in [0.25, 0.3) is 10.2 Å². The van der Waals surface area contributed by atoms with Crippen LogP contribution >= 0.6 is 23.6 Å². The molecule has 0 radical (unpaired) electrons. The smallest absolute Gasteiger partial charge is 0.270 e. The van der Waals surface area contributed by atoms with E-state index in [9.17, 15) is 14.9 Å². The van der Waals surface area contributed by atoms with Crippen LogP contribution in [-0.2, 0) is 4.74 Å². The van der Waals surface area contributed by atoms with Gasteiger partial charge in [-0.2, -0.15) is 0 Å². The maximum atomic E-state index is 13.0. The van der Waals surface area contributed by atoms with Crippen LogP contribution in [0.4, 0.5) is 16.5 Å². The number of hydrogen-bond donors (Lipinski definition) is 2. The molecule has 4 rings (SSSR count). The van der Waals surface area contributed by atoms with Crippen molar-refractivity contribution in [1.82, 2.24) is 10.3 Å². The molecule has 0 aliphatic carbocycles. The Morgan fingerprint density at radius 1 is 1.25 bits per heavy atom. The molecule has 1 fully saturated rings. The third-order valence-electron chi connectivity index (χ3n) is 5.06. The third-order valence-corrected chi connectivity index (χ3v) is 6.19. The molecular weight excluding hydrogens is 450 g/mol. The van der Waals surface area contributed by atoms with Crippen molar-refractivity contribution in [3.63, 3.8) is 0 Å². The zero-order chi connectivity index (χ0) is 22.8. The van der Waals surface area contributed by atoms with Crippen LogP contribution in [0.15, 0.2) is 30.3 Å². The number of nitrogens with one attached hydrogen (secondary N) is 2. The van der Waals surface area contributed by atoms with Gasteiger partial charge in [0.2, 0.25) is 0 Å². The number of morpholine rings is 1. The number of nitro groups is 1. The Balaban J connectivity index is 1.55. The van der Waals surface area contributed by atoms with Crippen molar-refractivity contribution in [3.8, 4) is 0 Å². The van der Waals surface area contributed by atoms with Gasteiger partial charge >= 0.3 is 0 Å². The number of carbonyl (C=O) groups is 1. The molecular formula is C21H21N5O4S2. The SMILES string of the molecule is Cc1cc(C)c2nc(NC(=S)NC(=O)c3cc([N+](=O)[O-])ccc3N3CCOCC3)sc2c1. The fraction of sp³-hybridized carbons (Fsp3) is 0.286. The maximum Gasteiger partial charge on any atom is 0.270 e. The Labute approximate surface area is 193 Å². The van der Waals surface area contributed by atoms with Crippen molar-refractivity contribution in [2.24, 2.45) is 0 Å². The van der Waals surface area contributed by atoms with Crippen molar-refractivity contribution in [3.05, 3.63) is 57.1 Å². The second-order valence-corrected chi connectivity index (χ2v) is 8.85. The number of non-ortho nitro benzene ring substituents is 1. The highest BCUT2D eigenvalue weighted by atomic mass is 32.1. The molecule has 0 saturated carbocycles. The van der Waals surface area contributed by atoms with E-state index in [0.717, 1.165) is 21.3 Å². The first-order valence-electron chi connectivity index (χ1n) is 9.93. The number of ether oxygens (including phenoxy) is 1. The zero-order valence-corrected chi connectivity index (χ0v) is 19.1. The fourth-order valence-electron chi connectivity index (χ4n) is 3.62. The number of hydrogen-bond acceptors (Lipinski definition) is 8. The predicted octanol–water partition coefficient (Wildman–Crippen LogP) is 3.78. The highest BCUT2D eigenvalue weighted by Crippen LogP contribution is 2.30. The molecule has 9 nitrogen and oxygen atoms in total. The van der Waals surface area contributed by atoms with Crippen molar-refractivity contribution in [2.75, 3.05) is 36.5 Å². The monoisotopic (exact) mass is 471 g/mol. The van der Waals surface area contributed by atoms with Gasteiger partial charge in [0.15, 0.2) is 10.2 Å². The second kappa shape index (κ2) is 9.15. The Morgan fingerprint density at radius 3 is 2.72 bits per heavy atom. The van der Waals surface area contributed by atoms with Crippen LogP contribution in [0.1, 0.15) is 21.5 Å². The number of thiazole rings is 1. The molecule has 1 aliphatic heterocycles. The van der Waals surface area contributed by atoms with E-state index in [1.807, 2.05) is 24.8 Å². The van der Waals surface area contributed by atoms with Gasteiger partial charge in [-0.3, -0.25) is 20.2 Å². The molecule has 3 aromatic rings. The number of nitrogens with zero attached hydrogens (tertiary/aromatic N) is 3. The summed E-state index contributed by atoms with van der Waals surface area (Å²) in [7, 11) is 0. The Hall–Kier alpha value is -3.15. The number of rotatable bonds is 4. The minimum absolute atomic E-state index is 0.0721. The first-order valence-corrected chi connectivity index (χ1v) is 11.2. The van der Waals surface area contributed by atoms with E-state index in [0.29, 0.717) is 37.1 Å². The summed E-state index contributed by atoms with van der Waals surface area (Å²) in [6, 6.07) is 8.36. The molecule has 0 spiro atoms. The van der Waals surface area contributed by atoms with E-state index < -0.39 is 10.8 Å². The lowest BCUT2D eigenvalue weighted by Crippen LogP contribution is -2.39. The molecule has 0 bridgehead atoms. The molecule has 32 heavy (non-hydrogen) atoms. The number of thiocarbonyl (C=S) groups is 1. The molecule has 2 N–H and O–H groups in total. The third kappa shape index (κ3) is 4.69. The van der Waals surface area contributed by atoms with Crippen molar-refractivity contribution >= 4 is 61.3 Å². The van der Waals surface area contributed by atoms with Crippen LogP contribution in [0.5, 0.6) is 0 Å². The molecule has 1 saturated heterocycles. The van der Waals surface area contributed by atoms with E-state index in [1.165, 1.54) is 23.5 Å². The second-order valence-electron chi connectivity index (χ2n) is 7.41. The largest absolute Gasteiger partial charge is 0.378 e. The lowest BCUT2D eigenvalue weighted by atomic mass is 10.1. The Morgan fingerprint density at radius 2 is 2.00 bits per heavy atom. The standard InChI is InChI=1S/C21H21N5O4S2/c1-12-9-13(2)18-17(10-12)32-21(22-18)24-20(31)23-19(27)15-11-14(26(28)29)3-4-16(15)25-5-7-30-8-6-25/h3-4,9-11H,5-8H2,1-2H3,(H2,22,23,24,27,31). The van der Waals surface area contributed by atoms with Crippen LogP contribution < -0.4 is 15.5 Å². The van der Waals surface area contributed by atoms with Crippen LogP contribution in [-0.4, -0.2) is 47.2 Å².